The summed E-state index contributed by atoms with van der Waals surface area (Å²) in [5.41, 5.74) is 1.52. The second kappa shape index (κ2) is 11.5. The molecule has 1 heterocycles. The molecular formula is C34H41NO3. The third-order valence-corrected chi connectivity index (χ3v) is 8.96. The number of ether oxygens (including phenoxy) is 2. The molecule has 0 amide bonds. The molecule has 4 nitrogen and oxygen atoms in total. The topological polar surface area (TPSA) is 41.9 Å². The lowest BCUT2D eigenvalue weighted by Gasteiger charge is -2.41. The van der Waals surface area contributed by atoms with Crippen molar-refractivity contribution in [1.29, 1.82) is 0 Å². The Morgan fingerprint density at radius 1 is 0.737 bits per heavy atom. The second-order valence-electron chi connectivity index (χ2n) is 11.4. The molecule has 0 radical (unpaired) electrons. The van der Waals surface area contributed by atoms with Gasteiger partial charge in [0.2, 0.25) is 0 Å². The summed E-state index contributed by atoms with van der Waals surface area (Å²) in [5.74, 6) is 2.19. The lowest BCUT2D eigenvalue weighted by molar-refractivity contribution is 0.0651. The molecule has 200 valence electrons. The number of hydrogen-bond acceptors (Lipinski definition) is 4. The maximum atomic E-state index is 12.1. The molecule has 2 aliphatic carbocycles. The van der Waals surface area contributed by atoms with Crippen molar-refractivity contribution in [3.8, 4) is 17.2 Å². The van der Waals surface area contributed by atoms with E-state index >= 15 is 0 Å². The van der Waals surface area contributed by atoms with Crippen LogP contribution in [0.3, 0.4) is 0 Å². The average Bonchev–Trinajstić information content (AvgIpc) is 2.97. The van der Waals surface area contributed by atoms with Crippen LogP contribution in [-0.2, 0) is 12.0 Å². The van der Waals surface area contributed by atoms with E-state index in [1.807, 2.05) is 60.7 Å². The van der Waals surface area contributed by atoms with Crippen molar-refractivity contribution in [3.05, 3.63) is 89.5 Å². The van der Waals surface area contributed by atoms with Gasteiger partial charge in [-0.2, -0.15) is 0 Å². The van der Waals surface area contributed by atoms with Crippen LogP contribution in [0.15, 0.2) is 72.8 Å². The van der Waals surface area contributed by atoms with Gasteiger partial charge in [-0.3, -0.25) is 4.90 Å². The summed E-state index contributed by atoms with van der Waals surface area (Å²) in [6, 6.07) is 25.4. The van der Waals surface area contributed by atoms with Crippen molar-refractivity contribution in [3.63, 3.8) is 0 Å². The van der Waals surface area contributed by atoms with Crippen molar-refractivity contribution in [2.45, 2.75) is 88.3 Å². The molecule has 1 aliphatic heterocycles. The predicted molar refractivity (Wildman–Crippen MR) is 152 cm³/mol. The van der Waals surface area contributed by atoms with Gasteiger partial charge in [0, 0.05) is 42.2 Å². The Morgan fingerprint density at radius 3 is 2.08 bits per heavy atom. The highest BCUT2D eigenvalue weighted by Gasteiger charge is 2.40. The number of para-hydroxylation sites is 1. The van der Waals surface area contributed by atoms with Gasteiger partial charge in [-0.1, -0.05) is 87.1 Å². The zero-order valence-electron chi connectivity index (χ0n) is 22.5. The molecule has 6 rings (SSSR count). The van der Waals surface area contributed by atoms with Crippen LogP contribution in [-0.4, -0.2) is 35.2 Å². The van der Waals surface area contributed by atoms with Crippen LogP contribution in [0.4, 0.5) is 0 Å². The summed E-state index contributed by atoms with van der Waals surface area (Å²) in [6.07, 6.45) is 14.1. The van der Waals surface area contributed by atoms with Crippen molar-refractivity contribution in [2.75, 3.05) is 13.2 Å². The number of benzene rings is 3. The Bertz CT molecular complexity index is 1180. The molecule has 1 unspecified atom stereocenters. The van der Waals surface area contributed by atoms with E-state index in [1.165, 1.54) is 64.2 Å². The molecular weight excluding hydrogens is 470 g/mol. The number of rotatable bonds is 8. The first-order valence-corrected chi connectivity index (χ1v) is 14.8. The molecule has 2 fully saturated rings. The molecule has 1 N–H and O–H groups in total. The van der Waals surface area contributed by atoms with Crippen LogP contribution in [0.5, 0.6) is 17.2 Å². The molecule has 0 saturated heterocycles. The van der Waals surface area contributed by atoms with E-state index in [0.717, 1.165) is 29.0 Å². The highest BCUT2D eigenvalue weighted by molar-refractivity contribution is 5.58. The van der Waals surface area contributed by atoms with Crippen molar-refractivity contribution in [1.82, 2.24) is 4.90 Å². The summed E-state index contributed by atoms with van der Waals surface area (Å²) < 4.78 is 12.7. The SMILES string of the molecule is OC1(Cc2ccccc2)c2ccccc2Oc2cc(OCCN(C3CCCCC3)C3CCCCC3)ccc21. The molecule has 0 bridgehead atoms. The van der Waals surface area contributed by atoms with E-state index in [1.54, 1.807) is 0 Å². The van der Waals surface area contributed by atoms with Crippen molar-refractivity contribution >= 4 is 0 Å². The first-order valence-electron chi connectivity index (χ1n) is 14.8. The zero-order chi connectivity index (χ0) is 25.8. The fourth-order valence-corrected chi connectivity index (χ4v) is 7.02. The van der Waals surface area contributed by atoms with E-state index in [9.17, 15) is 5.11 Å². The first-order chi connectivity index (χ1) is 18.7. The number of aliphatic hydroxyl groups is 1. The van der Waals surface area contributed by atoms with Gasteiger partial charge in [0.25, 0.3) is 0 Å². The van der Waals surface area contributed by atoms with Crippen LogP contribution in [0.25, 0.3) is 0 Å². The van der Waals surface area contributed by atoms with Gasteiger partial charge in [-0.05, 0) is 49.4 Å². The van der Waals surface area contributed by atoms with Crippen molar-refractivity contribution < 1.29 is 14.6 Å². The number of nitrogens with zero attached hydrogens (tertiary/aromatic N) is 1. The second-order valence-corrected chi connectivity index (χ2v) is 11.4. The minimum atomic E-state index is -1.16. The quantitative estimate of drug-likeness (QED) is 0.338. The highest BCUT2D eigenvalue weighted by atomic mass is 16.5. The van der Waals surface area contributed by atoms with Gasteiger partial charge >= 0.3 is 0 Å². The Hall–Kier alpha value is -2.82. The van der Waals surface area contributed by atoms with Gasteiger partial charge in [-0.15, -0.1) is 0 Å². The maximum Gasteiger partial charge on any atom is 0.137 e. The summed E-state index contributed by atoms with van der Waals surface area (Å²) in [6.45, 7) is 1.66. The fourth-order valence-electron chi connectivity index (χ4n) is 7.02. The minimum absolute atomic E-state index is 0.485. The molecule has 2 saturated carbocycles. The normalized spacial score (nSPS) is 21.9. The van der Waals surface area contributed by atoms with E-state index < -0.39 is 5.60 Å². The Kier molecular flexibility index (Phi) is 7.71. The first kappa shape index (κ1) is 25.5. The van der Waals surface area contributed by atoms with Crippen molar-refractivity contribution in [2.24, 2.45) is 0 Å². The third kappa shape index (κ3) is 5.34. The minimum Gasteiger partial charge on any atom is -0.492 e. The lowest BCUT2D eigenvalue weighted by Crippen LogP contribution is -2.47. The molecule has 38 heavy (non-hydrogen) atoms. The average molecular weight is 512 g/mol. The molecule has 0 spiro atoms. The van der Waals surface area contributed by atoms with Gasteiger partial charge in [0.15, 0.2) is 0 Å². The summed E-state index contributed by atoms with van der Waals surface area (Å²) in [7, 11) is 0. The van der Waals surface area contributed by atoms with E-state index in [-0.39, 0.29) is 0 Å². The molecule has 3 aromatic rings. The number of hydrogen-bond donors (Lipinski definition) is 1. The molecule has 0 aromatic heterocycles. The highest BCUT2D eigenvalue weighted by Crippen LogP contribution is 2.49. The summed E-state index contributed by atoms with van der Waals surface area (Å²) in [5, 5.41) is 12.1. The predicted octanol–water partition coefficient (Wildman–Crippen LogP) is 7.62. The van der Waals surface area contributed by atoms with E-state index in [4.69, 9.17) is 9.47 Å². The summed E-state index contributed by atoms with van der Waals surface area (Å²) >= 11 is 0. The Labute approximate surface area is 227 Å². The Morgan fingerprint density at radius 2 is 1.37 bits per heavy atom. The third-order valence-electron chi connectivity index (χ3n) is 8.96. The summed E-state index contributed by atoms with van der Waals surface area (Å²) in [4.78, 5) is 2.79. The van der Waals surface area contributed by atoms with Gasteiger partial charge in [-0.25, -0.2) is 0 Å². The zero-order valence-corrected chi connectivity index (χ0v) is 22.5. The molecule has 1 atom stereocenters. The van der Waals surface area contributed by atoms with Crippen LogP contribution in [0.1, 0.15) is 80.9 Å². The van der Waals surface area contributed by atoms with Crippen LogP contribution in [0.2, 0.25) is 0 Å². The van der Waals surface area contributed by atoms with Gasteiger partial charge in [0.1, 0.15) is 29.5 Å². The smallest absolute Gasteiger partial charge is 0.137 e. The lowest BCUT2D eigenvalue weighted by atomic mass is 9.79. The fraction of sp³-hybridized carbons (Fsp3) is 0.471. The molecule has 3 aliphatic rings. The largest absolute Gasteiger partial charge is 0.492 e. The van der Waals surface area contributed by atoms with Gasteiger partial charge < -0.3 is 14.6 Å². The van der Waals surface area contributed by atoms with Crippen LogP contribution in [0, 0.1) is 0 Å². The molecule has 4 heteroatoms. The van der Waals surface area contributed by atoms with Crippen LogP contribution >= 0.6 is 0 Å². The molecule has 3 aromatic carbocycles. The van der Waals surface area contributed by atoms with E-state index in [0.29, 0.717) is 36.6 Å². The maximum absolute atomic E-state index is 12.1. The van der Waals surface area contributed by atoms with Crippen LogP contribution < -0.4 is 9.47 Å². The van der Waals surface area contributed by atoms with E-state index in [2.05, 4.69) is 17.0 Å². The standard InChI is InChI=1S/C34H41NO3/c36-34(25-26-12-4-1-5-13-26)30-18-10-11-19-32(30)38-33-24-29(20-21-31(33)34)37-23-22-35(27-14-6-2-7-15-27)28-16-8-3-9-17-28/h1,4-5,10-13,18-21,24,27-28,36H,2-3,6-9,14-17,22-23,25H2. The van der Waals surface area contributed by atoms with Gasteiger partial charge in [0.05, 0.1) is 0 Å². The monoisotopic (exact) mass is 511 g/mol. The number of fused-ring (bicyclic) bond motifs is 2. The Balaban J connectivity index is 1.20.